The highest BCUT2D eigenvalue weighted by atomic mass is 16.5. The minimum Gasteiger partial charge on any atom is -0.379 e. The largest absolute Gasteiger partial charge is 0.379 e. The van der Waals surface area contributed by atoms with Gasteiger partial charge >= 0.3 is 0 Å². The molecule has 6 heteroatoms. The lowest BCUT2D eigenvalue weighted by molar-refractivity contribution is 0.0316. The summed E-state index contributed by atoms with van der Waals surface area (Å²) in [6, 6.07) is 0.193. The first-order chi connectivity index (χ1) is 6.38. The minimum absolute atomic E-state index is 0.193. The van der Waals surface area contributed by atoms with Crippen molar-refractivity contribution >= 4 is 5.84 Å². The number of nitrogens with zero attached hydrogens (tertiary/aromatic N) is 5. The van der Waals surface area contributed by atoms with Crippen LogP contribution in [0.2, 0.25) is 0 Å². The average molecular weight is 182 g/mol. The molecule has 0 N–H and O–H groups in total. The molecule has 0 aromatic rings. The van der Waals surface area contributed by atoms with Crippen molar-refractivity contribution in [1.82, 2.24) is 10.4 Å². The number of rotatable bonds is 2. The van der Waals surface area contributed by atoms with Gasteiger partial charge in [0, 0.05) is 13.1 Å². The van der Waals surface area contributed by atoms with Crippen molar-refractivity contribution in [1.29, 1.82) is 0 Å². The Morgan fingerprint density at radius 3 is 2.77 bits per heavy atom. The van der Waals surface area contributed by atoms with Gasteiger partial charge in [0.25, 0.3) is 0 Å². The maximum absolute atomic E-state index is 5.25. The topological polar surface area (TPSA) is 63.7 Å². The van der Waals surface area contributed by atoms with Gasteiger partial charge in [0.15, 0.2) is 5.84 Å². The van der Waals surface area contributed by atoms with Crippen LogP contribution < -0.4 is 5.53 Å². The van der Waals surface area contributed by atoms with Gasteiger partial charge in [-0.2, -0.15) is 0 Å². The predicted octanol–water partition coefficient (Wildman–Crippen LogP) is 0.00580. The van der Waals surface area contributed by atoms with Crippen LogP contribution in [0.5, 0.6) is 0 Å². The highest BCUT2D eigenvalue weighted by molar-refractivity contribution is 5.87. The molecule has 1 saturated heterocycles. The Morgan fingerprint density at radius 2 is 2.15 bits per heavy atom. The normalized spacial score (nSPS) is 25.5. The number of ether oxygens (including phenoxy) is 1. The molecule has 2 rings (SSSR count). The van der Waals surface area contributed by atoms with Crippen LogP contribution in [-0.4, -0.2) is 43.1 Å². The average Bonchev–Trinajstić information content (AvgIpc) is 2.71. The van der Waals surface area contributed by atoms with Gasteiger partial charge in [-0.25, -0.2) is 0 Å². The summed E-state index contributed by atoms with van der Waals surface area (Å²) in [6.07, 6.45) is 0. The lowest BCUT2D eigenvalue weighted by atomic mass is 10.2. The second-order valence-corrected chi connectivity index (χ2v) is 3.06. The molecule has 2 heterocycles. The van der Waals surface area contributed by atoms with E-state index in [0.29, 0.717) is 5.84 Å². The van der Waals surface area contributed by atoms with Gasteiger partial charge in [-0.05, 0) is 17.7 Å². The molecular weight excluding hydrogens is 170 g/mol. The van der Waals surface area contributed by atoms with E-state index in [1.807, 2.05) is 0 Å². The zero-order chi connectivity index (χ0) is 9.10. The molecule has 2 aliphatic rings. The molecule has 1 radical (unpaired) electrons. The van der Waals surface area contributed by atoms with Gasteiger partial charge in [-0.15, -0.1) is 10.2 Å². The molecule has 71 valence electrons. The Bertz CT molecular complexity index is 233. The monoisotopic (exact) mass is 182 g/mol. The Morgan fingerprint density at radius 1 is 1.38 bits per heavy atom. The summed E-state index contributed by atoms with van der Waals surface area (Å²) in [4.78, 5) is 2.27. The van der Waals surface area contributed by atoms with Gasteiger partial charge < -0.3 is 4.74 Å². The van der Waals surface area contributed by atoms with Crippen LogP contribution in [0.25, 0.3) is 0 Å². The molecule has 0 aromatic carbocycles. The summed E-state index contributed by atoms with van der Waals surface area (Å²) in [6.45, 7) is 5.48. The van der Waals surface area contributed by atoms with E-state index < -0.39 is 0 Å². The van der Waals surface area contributed by atoms with Crippen LogP contribution in [0, 0.1) is 0 Å². The van der Waals surface area contributed by atoms with E-state index in [1.54, 1.807) is 0 Å². The summed E-state index contributed by atoms with van der Waals surface area (Å²) >= 11 is 0. The van der Waals surface area contributed by atoms with Crippen LogP contribution in [-0.2, 0) is 4.74 Å². The molecule has 0 aromatic heterocycles. The highest BCUT2D eigenvalue weighted by Gasteiger charge is 2.23. The fraction of sp³-hybridized carbons (Fsp3) is 0.857. The molecule has 6 nitrogen and oxygen atoms in total. The van der Waals surface area contributed by atoms with Crippen molar-refractivity contribution in [3.8, 4) is 0 Å². The molecule has 0 bridgehead atoms. The first kappa shape index (κ1) is 8.58. The molecule has 0 saturated carbocycles. The smallest absolute Gasteiger partial charge is 0.193 e. The van der Waals surface area contributed by atoms with Crippen LogP contribution in [0.3, 0.4) is 0 Å². The van der Waals surface area contributed by atoms with Crippen molar-refractivity contribution in [3.05, 3.63) is 0 Å². The van der Waals surface area contributed by atoms with Crippen molar-refractivity contribution < 1.29 is 4.74 Å². The SMILES string of the molecule is CC(C1=N[N]N=N1)N1CCOCC1. The van der Waals surface area contributed by atoms with E-state index in [-0.39, 0.29) is 6.04 Å². The van der Waals surface area contributed by atoms with Crippen molar-refractivity contribution in [2.75, 3.05) is 26.3 Å². The van der Waals surface area contributed by atoms with Crippen LogP contribution in [0.15, 0.2) is 15.4 Å². The van der Waals surface area contributed by atoms with Crippen molar-refractivity contribution in [2.24, 2.45) is 15.4 Å². The number of hydrogen-bond acceptors (Lipinski definition) is 5. The Labute approximate surface area is 76.6 Å². The van der Waals surface area contributed by atoms with E-state index in [9.17, 15) is 0 Å². The zero-order valence-corrected chi connectivity index (χ0v) is 7.55. The van der Waals surface area contributed by atoms with E-state index in [4.69, 9.17) is 4.74 Å². The summed E-state index contributed by atoms with van der Waals surface area (Å²) in [5.41, 5.74) is 3.47. The molecule has 0 amide bonds. The van der Waals surface area contributed by atoms with Gasteiger partial charge in [0.1, 0.15) is 0 Å². The van der Waals surface area contributed by atoms with Crippen molar-refractivity contribution in [2.45, 2.75) is 13.0 Å². The van der Waals surface area contributed by atoms with E-state index in [0.717, 1.165) is 26.3 Å². The standard InChI is InChI=1S/C7H12N5O/c1-6(7-8-10-11-9-7)12-2-4-13-5-3-12/h6H,2-5H2,1H3. The second-order valence-electron chi connectivity index (χ2n) is 3.06. The summed E-state index contributed by atoms with van der Waals surface area (Å²) in [5.74, 6) is 0.696. The summed E-state index contributed by atoms with van der Waals surface area (Å²) in [5, 5.41) is 11.1. The molecule has 1 fully saturated rings. The number of hydrogen-bond donors (Lipinski definition) is 0. The molecule has 13 heavy (non-hydrogen) atoms. The van der Waals surface area contributed by atoms with Crippen LogP contribution in [0.4, 0.5) is 0 Å². The van der Waals surface area contributed by atoms with Gasteiger partial charge in [0.05, 0.1) is 19.3 Å². The van der Waals surface area contributed by atoms with Gasteiger partial charge in [-0.3, -0.25) is 4.90 Å². The first-order valence-corrected chi connectivity index (χ1v) is 4.38. The van der Waals surface area contributed by atoms with Gasteiger partial charge in [0.2, 0.25) is 0 Å². The van der Waals surface area contributed by atoms with Crippen molar-refractivity contribution in [3.63, 3.8) is 0 Å². The van der Waals surface area contributed by atoms with E-state index in [2.05, 4.69) is 32.8 Å². The second kappa shape index (κ2) is 3.80. The van der Waals surface area contributed by atoms with E-state index >= 15 is 0 Å². The third-order valence-corrected chi connectivity index (χ3v) is 2.30. The number of amidine groups is 1. The maximum atomic E-state index is 5.25. The quantitative estimate of drug-likeness (QED) is 0.603. The molecular formula is C7H12N5O. The summed E-state index contributed by atoms with van der Waals surface area (Å²) in [7, 11) is 0. The highest BCUT2D eigenvalue weighted by Crippen LogP contribution is 2.08. The third-order valence-electron chi connectivity index (χ3n) is 2.30. The third kappa shape index (κ3) is 1.84. The zero-order valence-electron chi connectivity index (χ0n) is 7.55. The molecule has 1 unspecified atom stereocenters. The van der Waals surface area contributed by atoms with Crippen LogP contribution in [0.1, 0.15) is 6.92 Å². The predicted molar refractivity (Wildman–Crippen MR) is 46.3 cm³/mol. The fourth-order valence-corrected chi connectivity index (χ4v) is 1.45. The lowest BCUT2D eigenvalue weighted by Crippen LogP contribution is -2.45. The Kier molecular flexibility index (Phi) is 2.51. The Hall–Kier alpha value is -1.01. The Balaban J connectivity index is 1.94. The molecule has 0 spiro atoms. The van der Waals surface area contributed by atoms with Gasteiger partial charge in [-0.1, -0.05) is 0 Å². The molecule has 0 aliphatic carbocycles. The molecule has 1 atom stereocenters. The maximum Gasteiger partial charge on any atom is 0.193 e. The molecule has 2 aliphatic heterocycles. The van der Waals surface area contributed by atoms with E-state index in [1.165, 1.54) is 0 Å². The summed E-state index contributed by atoms with van der Waals surface area (Å²) < 4.78 is 5.25. The van der Waals surface area contributed by atoms with Crippen LogP contribution >= 0.6 is 0 Å². The number of morpholine rings is 1. The first-order valence-electron chi connectivity index (χ1n) is 4.38. The lowest BCUT2D eigenvalue weighted by Gasteiger charge is -2.30. The minimum atomic E-state index is 0.193. The fourth-order valence-electron chi connectivity index (χ4n) is 1.45.